The van der Waals surface area contributed by atoms with Crippen molar-refractivity contribution >= 4 is 38.5 Å². The number of alkyl halides is 3. The lowest BCUT2D eigenvalue weighted by atomic mass is 10.2. The molecule has 28 heavy (non-hydrogen) atoms. The summed E-state index contributed by atoms with van der Waals surface area (Å²) in [6, 6.07) is 7.95. The number of nitrogens with one attached hydrogen (secondary N) is 1. The van der Waals surface area contributed by atoms with E-state index in [1.807, 2.05) is 12.1 Å². The average Bonchev–Trinajstić information content (AvgIpc) is 3.12. The van der Waals surface area contributed by atoms with Gasteiger partial charge in [-0.2, -0.15) is 13.2 Å². The Balaban J connectivity index is 1.37. The first-order chi connectivity index (χ1) is 13.4. The number of piperazine rings is 1. The highest BCUT2D eigenvalue weighted by molar-refractivity contribution is 7.21. The first-order valence-corrected chi connectivity index (χ1v) is 9.41. The Labute approximate surface area is 162 Å². The van der Waals surface area contributed by atoms with Crippen molar-refractivity contribution in [3.8, 4) is 0 Å². The molecule has 0 saturated carbocycles. The van der Waals surface area contributed by atoms with Crippen molar-refractivity contribution in [2.75, 3.05) is 36.4 Å². The SMILES string of the molecule is O=C(Nc1cccc(C(F)(F)F)c1)N1CCN(c2nc3cccnc3s2)CC1. The van der Waals surface area contributed by atoms with E-state index >= 15 is 0 Å². The molecule has 1 saturated heterocycles. The van der Waals surface area contributed by atoms with Gasteiger partial charge in [0.05, 0.1) is 5.56 Å². The monoisotopic (exact) mass is 407 g/mol. The van der Waals surface area contributed by atoms with Crippen molar-refractivity contribution in [1.29, 1.82) is 0 Å². The average molecular weight is 407 g/mol. The van der Waals surface area contributed by atoms with Gasteiger partial charge in [0.2, 0.25) is 0 Å². The number of fused-ring (bicyclic) bond motifs is 1. The zero-order valence-corrected chi connectivity index (χ0v) is 15.4. The van der Waals surface area contributed by atoms with Crippen LogP contribution in [0, 0.1) is 0 Å². The molecule has 1 aliphatic heterocycles. The fraction of sp³-hybridized carbons (Fsp3) is 0.278. The summed E-state index contributed by atoms with van der Waals surface area (Å²) in [5.74, 6) is 0. The Kier molecular flexibility index (Phi) is 4.80. The summed E-state index contributed by atoms with van der Waals surface area (Å²) in [6.45, 7) is 2.09. The van der Waals surface area contributed by atoms with Gasteiger partial charge in [-0.3, -0.25) is 0 Å². The van der Waals surface area contributed by atoms with Crippen LogP contribution in [0.25, 0.3) is 10.3 Å². The molecule has 1 fully saturated rings. The molecular formula is C18H16F3N5OS. The lowest BCUT2D eigenvalue weighted by Gasteiger charge is -2.34. The minimum atomic E-state index is -4.45. The fourth-order valence-corrected chi connectivity index (χ4v) is 3.93. The molecule has 0 spiro atoms. The predicted octanol–water partition coefficient (Wildman–Crippen LogP) is 4.06. The van der Waals surface area contributed by atoms with Gasteiger partial charge in [-0.25, -0.2) is 14.8 Å². The van der Waals surface area contributed by atoms with Crippen LogP contribution < -0.4 is 10.2 Å². The summed E-state index contributed by atoms with van der Waals surface area (Å²) in [7, 11) is 0. The number of amides is 2. The van der Waals surface area contributed by atoms with Gasteiger partial charge in [-0.15, -0.1) is 0 Å². The Morgan fingerprint density at radius 3 is 2.61 bits per heavy atom. The summed E-state index contributed by atoms with van der Waals surface area (Å²) in [6.07, 6.45) is -2.72. The number of aromatic nitrogens is 2. The lowest BCUT2D eigenvalue weighted by Crippen LogP contribution is -2.50. The van der Waals surface area contributed by atoms with E-state index in [4.69, 9.17) is 0 Å². The molecule has 2 amide bonds. The van der Waals surface area contributed by atoms with E-state index in [0.29, 0.717) is 26.2 Å². The summed E-state index contributed by atoms with van der Waals surface area (Å²) in [4.78, 5) is 25.8. The van der Waals surface area contributed by atoms with Crippen LogP contribution in [0.2, 0.25) is 0 Å². The van der Waals surface area contributed by atoms with E-state index in [2.05, 4.69) is 20.2 Å². The van der Waals surface area contributed by atoms with Crippen molar-refractivity contribution in [3.05, 3.63) is 48.2 Å². The van der Waals surface area contributed by atoms with E-state index in [-0.39, 0.29) is 5.69 Å². The summed E-state index contributed by atoms with van der Waals surface area (Å²) >= 11 is 1.50. The quantitative estimate of drug-likeness (QED) is 0.696. The van der Waals surface area contributed by atoms with E-state index < -0.39 is 17.8 Å². The Morgan fingerprint density at radius 2 is 1.89 bits per heavy atom. The molecule has 0 atom stereocenters. The molecule has 2 aromatic heterocycles. The smallest absolute Gasteiger partial charge is 0.344 e. The third kappa shape index (κ3) is 3.86. The van der Waals surface area contributed by atoms with Crippen LogP contribution in [0.4, 0.5) is 28.8 Å². The molecule has 146 valence electrons. The van der Waals surface area contributed by atoms with Crippen molar-refractivity contribution < 1.29 is 18.0 Å². The molecule has 0 radical (unpaired) electrons. The Bertz CT molecular complexity index is 965. The number of rotatable bonds is 2. The topological polar surface area (TPSA) is 61.4 Å². The molecule has 3 aromatic rings. The van der Waals surface area contributed by atoms with Gasteiger partial charge in [-0.05, 0) is 30.3 Å². The number of urea groups is 1. The molecule has 0 unspecified atom stereocenters. The second kappa shape index (κ2) is 7.27. The maximum atomic E-state index is 12.8. The number of pyridine rings is 1. The van der Waals surface area contributed by atoms with Crippen LogP contribution in [-0.4, -0.2) is 47.1 Å². The maximum Gasteiger partial charge on any atom is 0.416 e. The van der Waals surface area contributed by atoms with Crippen molar-refractivity contribution in [2.24, 2.45) is 0 Å². The van der Waals surface area contributed by atoms with Gasteiger partial charge >= 0.3 is 12.2 Å². The second-order valence-corrected chi connectivity index (χ2v) is 7.26. The summed E-state index contributed by atoms with van der Waals surface area (Å²) in [5, 5.41) is 3.40. The van der Waals surface area contributed by atoms with E-state index in [9.17, 15) is 18.0 Å². The maximum absolute atomic E-state index is 12.8. The van der Waals surface area contributed by atoms with Gasteiger partial charge in [-0.1, -0.05) is 17.4 Å². The van der Waals surface area contributed by atoms with Crippen LogP contribution in [0.15, 0.2) is 42.6 Å². The molecule has 1 N–H and O–H groups in total. The molecule has 1 aromatic carbocycles. The zero-order valence-electron chi connectivity index (χ0n) is 14.6. The number of anilines is 2. The molecule has 0 aliphatic carbocycles. The van der Waals surface area contributed by atoms with Gasteiger partial charge in [0.25, 0.3) is 0 Å². The number of halogens is 3. The van der Waals surface area contributed by atoms with Crippen LogP contribution >= 0.6 is 11.3 Å². The lowest BCUT2D eigenvalue weighted by molar-refractivity contribution is -0.137. The predicted molar refractivity (Wildman–Crippen MR) is 102 cm³/mol. The number of benzene rings is 1. The van der Waals surface area contributed by atoms with Crippen molar-refractivity contribution in [3.63, 3.8) is 0 Å². The van der Waals surface area contributed by atoms with Gasteiger partial charge < -0.3 is 15.1 Å². The number of nitrogens with zero attached hydrogens (tertiary/aromatic N) is 4. The van der Waals surface area contributed by atoms with Gasteiger partial charge in [0, 0.05) is 38.1 Å². The normalized spacial score (nSPS) is 15.1. The molecule has 4 rings (SSSR count). The van der Waals surface area contributed by atoms with Crippen molar-refractivity contribution in [1.82, 2.24) is 14.9 Å². The summed E-state index contributed by atoms with van der Waals surface area (Å²) < 4.78 is 38.4. The van der Waals surface area contributed by atoms with E-state index in [1.165, 1.54) is 23.5 Å². The van der Waals surface area contributed by atoms with Gasteiger partial charge in [0.15, 0.2) is 5.13 Å². The fourth-order valence-electron chi connectivity index (χ4n) is 2.97. The third-order valence-electron chi connectivity index (χ3n) is 4.43. The zero-order chi connectivity index (χ0) is 19.7. The van der Waals surface area contributed by atoms with Crippen molar-refractivity contribution in [2.45, 2.75) is 6.18 Å². The third-order valence-corrected chi connectivity index (χ3v) is 5.47. The molecule has 0 bridgehead atoms. The highest BCUT2D eigenvalue weighted by Crippen LogP contribution is 2.31. The van der Waals surface area contributed by atoms with Crippen LogP contribution in [0.3, 0.4) is 0 Å². The number of hydrogen-bond donors (Lipinski definition) is 1. The molecule has 6 nitrogen and oxygen atoms in total. The number of hydrogen-bond acceptors (Lipinski definition) is 5. The highest BCUT2D eigenvalue weighted by Gasteiger charge is 2.31. The van der Waals surface area contributed by atoms with E-state index in [0.717, 1.165) is 27.6 Å². The van der Waals surface area contributed by atoms with E-state index in [1.54, 1.807) is 11.1 Å². The Hall–Kier alpha value is -2.88. The van der Waals surface area contributed by atoms with Crippen LogP contribution in [0.1, 0.15) is 5.56 Å². The molecular weight excluding hydrogens is 391 g/mol. The van der Waals surface area contributed by atoms with Gasteiger partial charge in [0.1, 0.15) is 10.3 Å². The standard InChI is InChI=1S/C18H16F3N5OS/c19-18(20,21)12-3-1-4-13(11-12)23-16(27)25-7-9-26(10-8-25)17-24-14-5-2-6-22-15(14)28-17/h1-6,11H,7-10H2,(H,23,27). The molecule has 1 aliphatic rings. The Morgan fingerprint density at radius 1 is 1.11 bits per heavy atom. The summed E-state index contributed by atoms with van der Waals surface area (Å²) in [5.41, 5.74) is 0.172. The van der Waals surface area contributed by atoms with Crippen LogP contribution in [0.5, 0.6) is 0 Å². The minimum Gasteiger partial charge on any atom is -0.344 e. The molecule has 3 heterocycles. The minimum absolute atomic E-state index is 0.125. The highest BCUT2D eigenvalue weighted by atomic mass is 32.1. The first-order valence-electron chi connectivity index (χ1n) is 8.60. The number of carbonyl (C=O) groups excluding carboxylic acids is 1. The second-order valence-electron chi connectivity index (χ2n) is 6.31. The number of thiazole rings is 1. The van der Waals surface area contributed by atoms with Crippen LogP contribution in [-0.2, 0) is 6.18 Å². The largest absolute Gasteiger partial charge is 0.416 e. The molecule has 10 heteroatoms. The first kappa shape index (κ1) is 18.5. The number of carbonyl (C=O) groups is 1.